The van der Waals surface area contributed by atoms with Gasteiger partial charge in [0.25, 0.3) is 0 Å². The van der Waals surface area contributed by atoms with Crippen LogP contribution >= 0.6 is 27.5 Å². The zero-order chi connectivity index (χ0) is 14.9. The average Bonchev–Trinajstić information content (AvgIpc) is 2.45. The van der Waals surface area contributed by atoms with Crippen LogP contribution in [0.15, 0.2) is 16.6 Å². The van der Waals surface area contributed by atoms with Gasteiger partial charge in [-0.15, -0.1) is 10.2 Å². The van der Waals surface area contributed by atoms with E-state index in [9.17, 15) is 0 Å². The molecule has 0 bridgehead atoms. The number of benzene rings is 1. The van der Waals surface area contributed by atoms with Crippen molar-refractivity contribution in [2.24, 2.45) is 0 Å². The molecule has 1 aromatic carbocycles. The van der Waals surface area contributed by atoms with Crippen LogP contribution in [0.4, 0.5) is 0 Å². The van der Waals surface area contributed by atoms with Gasteiger partial charge in [-0.3, -0.25) is 0 Å². The van der Waals surface area contributed by atoms with Gasteiger partial charge in [0.15, 0.2) is 5.15 Å². The minimum Gasteiger partial charge on any atom is -0.495 e. The summed E-state index contributed by atoms with van der Waals surface area (Å²) in [4.78, 5) is 0. The summed E-state index contributed by atoms with van der Waals surface area (Å²) in [6, 6.07) is 3.75. The summed E-state index contributed by atoms with van der Waals surface area (Å²) in [5.74, 6) is 1.35. The van der Waals surface area contributed by atoms with Gasteiger partial charge in [0.1, 0.15) is 16.0 Å². The second-order valence-electron chi connectivity index (χ2n) is 4.25. The fourth-order valence-corrected chi connectivity index (χ4v) is 2.76. The van der Waals surface area contributed by atoms with E-state index < -0.39 is 0 Å². The molecule has 6 heteroatoms. The van der Waals surface area contributed by atoms with Crippen molar-refractivity contribution >= 4 is 27.5 Å². The molecule has 0 spiro atoms. The molecule has 0 radical (unpaired) electrons. The van der Waals surface area contributed by atoms with Crippen molar-refractivity contribution in [1.82, 2.24) is 10.2 Å². The van der Waals surface area contributed by atoms with Crippen molar-refractivity contribution in [2.75, 3.05) is 14.2 Å². The molecule has 0 aliphatic rings. The Morgan fingerprint density at radius 1 is 1.05 bits per heavy atom. The Morgan fingerprint density at radius 3 is 2.35 bits per heavy atom. The third-order valence-corrected chi connectivity index (χ3v) is 4.32. The largest absolute Gasteiger partial charge is 0.495 e. The second kappa shape index (κ2) is 5.97. The van der Waals surface area contributed by atoms with Gasteiger partial charge in [-0.1, -0.05) is 11.6 Å². The van der Waals surface area contributed by atoms with Gasteiger partial charge in [0.05, 0.1) is 19.9 Å². The van der Waals surface area contributed by atoms with E-state index in [1.54, 1.807) is 14.2 Å². The van der Waals surface area contributed by atoms with Crippen LogP contribution in [-0.4, -0.2) is 24.4 Å². The lowest BCUT2D eigenvalue weighted by atomic mass is 10.0. The third-order valence-electron chi connectivity index (χ3n) is 3.21. The van der Waals surface area contributed by atoms with Crippen molar-refractivity contribution in [1.29, 1.82) is 0 Å². The quantitative estimate of drug-likeness (QED) is 0.826. The molecule has 2 rings (SSSR count). The lowest BCUT2D eigenvalue weighted by Crippen LogP contribution is -1.99. The number of aromatic nitrogens is 2. The van der Waals surface area contributed by atoms with Crippen molar-refractivity contribution in [3.63, 3.8) is 0 Å². The third kappa shape index (κ3) is 2.47. The van der Waals surface area contributed by atoms with Gasteiger partial charge >= 0.3 is 0 Å². The summed E-state index contributed by atoms with van der Waals surface area (Å²) in [5, 5.41) is 8.58. The molecular weight excluding hydrogens is 344 g/mol. The highest BCUT2D eigenvalue weighted by molar-refractivity contribution is 9.10. The first-order valence-corrected chi connectivity index (χ1v) is 7.08. The average molecular weight is 358 g/mol. The lowest BCUT2D eigenvalue weighted by molar-refractivity contribution is 0.390. The molecule has 2 aromatic rings. The monoisotopic (exact) mass is 356 g/mol. The normalized spacial score (nSPS) is 10.5. The molecular formula is C14H14BrClN2O2. The number of ether oxygens (including phenoxy) is 2. The van der Waals surface area contributed by atoms with E-state index >= 15 is 0 Å². The standard InChI is InChI=1S/C14H14BrClN2O2/c1-7-8(2)14(16)18-17-12(7)9-5-6-10(19-3)11(15)13(9)20-4/h5-6H,1-4H3. The van der Waals surface area contributed by atoms with Crippen molar-refractivity contribution in [3.8, 4) is 22.8 Å². The molecule has 20 heavy (non-hydrogen) atoms. The Labute approximate surface area is 131 Å². The minimum atomic E-state index is 0.415. The highest BCUT2D eigenvalue weighted by Gasteiger charge is 2.18. The Hall–Kier alpha value is -1.33. The fourth-order valence-electron chi connectivity index (χ4n) is 1.91. The number of hydrogen-bond donors (Lipinski definition) is 0. The summed E-state index contributed by atoms with van der Waals surface area (Å²) < 4.78 is 11.5. The maximum atomic E-state index is 5.99. The predicted molar refractivity (Wildman–Crippen MR) is 82.8 cm³/mol. The Kier molecular flexibility index (Phi) is 4.50. The minimum absolute atomic E-state index is 0.415. The van der Waals surface area contributed by atoms with Crippen LogP contribution in [0, 0.1) is 13.8 Å². The van der Waals surface area contributed by atoms with Gasteiger partial charge in [0, 0.05) is 5.56 Å². The molecule has 0 N–H and O–H groups in total. The van der Waals surface area contributed by atoms with E-state index in [4.69, 9.17) is 21.1 Å². The number of rotatable bonds is 3. The summed E-state index contributed by atoms with van der Waals surface area (Å²) in [5.41, 5.74) is 3.46. The van der Waals surface area contributed by atoms with E-state index in [-0.39, 0.29) is 0 Å². The molecule has 1 heterocycles. The zero-order valence-corrected chi connectivity index (χ0v) is 14.0. The Bertz CT molecular complexity index is 662. The van der Waals surface area contributed by atoms with Gasteiger partial charge in [-0.2, -0.15) is 0 Å². The topological polar surface area (TPSA) is 44.2 Å². The van der Waals surface area contributed by atoms with E-state index in [0.29, 0.717) is 16.7 Å². The van der Waals surface area contributed by atoms with E-state index in [1.807, 2.05) is 26.0 Å². The maximum absolute atomic E-state index is 5.99. The molecule has 4 nitrogen and oxygen atoms in total. The van der Waals surface area contributed by atoms with Crippen molar-refractivity contribution < 1.29 is 9.47 Å². The summed E-state index contributed by atoms with van der Waals surface area (Å²) in [6.07, 6.45) is 0. The summed E-state index contributed by atoms with van der Waals surface area (Å²) >= 11 is 9.47. The van der Waals surface area contributed by atoms with Crippen LogP contribution < -0.4 is 9.47 Å². The van der Waals surface area contributed by atoms with E-state index in [1.165, 1.54) is 0 Å². The first-order valence-electron chi connectivity index (χ1n) is 5.91. The Morgan fingerprint density at radius 2 is 1.75 bits per heavy atom. The highest BCUT2D eigenvalue weighted by atomic mass is 79.9. The van der Waals surface area contributed by atoms with Crippen molar-refractivity contribution in [3.05, 3.63) is 32.9 Å². The predicted octanol–water partition coefficient (Wildman–Crippen LogP) is 4.19. The lowest BCUT2D eigenvalue weighted by Gasteiger charge is -2.15. The van der Waals surface area contributed by atoms with Crippen LogP contribution in [-0.2, 0) is 0 Å². The van der Waals surface area contributed by atoms with Crippen LogP contribution in [0.25, 0.3) is 11.3 Å². The zero-order valence-electron chi connectivity index (χ0n) is 11.6. The highest BCUT2D eigenvalue weighted by Crippen LogP contribution is 2.42. The molecule has 0 saturated heterocycles. The molecule has 1 aromatic heterocycles. The molecule has 0 saturated carbocycles. The van der Waals surface area contributed by atoms with Crippen LogP contribution in [0.2, 0.25) is 5.15 Å². The Balaban J connectivity index is 2.70. The van der Waals surface area contributed by atoms with E-state index in [0.717, 1.165) is 26.9 Å². The fraction of sp³-hybridized carbons (Fsp3) is 0.286. The van der Waals surface area contributed by atoms with Gasteiger partial charge in [-0.25, -0.2) is 0 Å². The smallest absolute Gasteiger partial charge is 0.154 e. The van der Waals surface area contributed by atoms with Gasteiger partial charge in [-0.05, 0) is 53.0 Å². The molecule has 0 atom stereocenters. The first-order chi connectivity index (χ1) is 9.51. The SMILES string of the molecule is COc1ccc(-c2nnc(Cl)c(C)c2C)c(OC)c1Br. The van der Waals surface area contributed by atoms with Crippen LogP contribution in [0.5, 0.6) is 11.5 Å². The number of halogens is 2. The van der Waals surface area contributed by atoms with Crippen LogP contribution in [0.3, 0.4) is 0 Å². The molecule has 0 fully saturated rings. The molecule has 0 aliphatic carbocycles. The number of methoxy groups -OCH3 is 2. The first kappa shape index (κ1) is 15.1. The molecule has 0 aliphatic heterocycles. The van der Waals surface area contributed by atoms with Crippen LogP contribution in [0.1, 0.15) is 11.1 Å². The van der Waals surface area contributed by atoms with Gasteiger partial charge in [0.2, 0.25) is 0 Å². The maximum Gasteiger partial charge on any atom is 0.154 e. The number of hydrogen-bond acceptors (Lipinski definition) is 4. The summed E-state index contributed by atoms with van der Waals surface area (Å²) in [7, 11) is 3.21. The summed E-state index contributed by atoms with van der Waals surface area (Å²) in [6.45, 7) is 3.88. The van der Waals surface area contributed by atoms with Crippen molar-refractivity contribution in [2.45, 2.75) is 13.8 Å². The number of nitrogens with zero attached hydrogens (tertiary/aromatic N) is 2. The van der Waals surface area contributed by atoms with E-state index in [2.05, 4.69) is 26.1 Å². The second-order valence-corrected chi connectivity index (χ2v) is 5.40. The van der Waals surface area contributed by atoms with Gasteiger partial charge < -0.3 is 9.47 Å². The molecule has 0 amide bonds. The molecule has 106 valence electrons. The molecule has 0 unspecified atom stereocenters.